The van der Waals surface area contributed by atoms with Crippen molar-refractivity contribution in [2.45, 2.75) is 6.54 Å². The summed E-state index contributed by atoms with van der Waals surface area (Å²) >= 11 is 0. The largest absolute Gasteiger partial charge is 0.367 e. The molecule has 23 heavy (non-hydrogen) atoms. The van der Waals surface area contributed by atoms with Gasteiger partial charge in [0.1, 0.15) is 5.82 Å². The second-order valence-corrected chi connectivity index (χ2v) is 5.03. The van der Waals surface area contributed by atoms with Crippen LogP contribution in [0.5, 0.6) is 0 Å². The van der Waals surface area contributed by atoms with Crippen LogP contribution in [0.1, 0.15) is 15.9 Å². The fraction of sp³-hybridized carbons (Fsp3) is 0.0588. The molecule has 0 aliphatic rings. The van der Waals surface area contributed by atoms with Crippen molar-refractivity contribution in [2.75, 3.05) is 0 Å². The molecule has 116 valence electrons. The molecule has 0 saturated heterocycles. The van der Waals surface area contributed by atoms with Gasteiger partial charge in [-0.3, -0.25) is 15.6 Å². The van der Waals surface area contributed by atoms with Gasteiger partial charge in [-0.2, -0.15) is 0 Å². The second-order valence-electron chi connectivity index (χ2n) is 5.03. The Balaban J connectivity index is 1.51. The number of aromatic nitrogens is 2. The summed E-state index contributed by atoms with van der Waals surface area (Å²) in [5, 5.41) is 3.09. The third-order valence-electron chi connectivity index (χ3n) is 3.36. The van der Waals surface area contributed by atoms with E-state index in [-0.39, 0.29) is 5.91 Å². The van der Waals surface area contributed by atoms with E-state index in [1.54, 1.807) is 18.5 Å². The van der Waals surface area contributed by atoms with Crippen LogP contribution in [0.25, 0.3) is 11.0 Å². The molecule has 6 nitrogen and oxygen atoms in total. The minimum Gasteiger partial charge on any atom is -0.367 e. The maximum absolute atomic E-state index is 12.1. The van der Waals surface area contributed by atoms with Crippen molar-refractivity contribution in [3.8, 4) is 0 Å². The van der Waals surface area contributed by atoms with Crippen LogP contribution in [0.4, 0.5) is 0 Å². The Bertz CT molecular complexity index is 825. The molecular weight excluding hydrogens is 290 g/mol. The average Bonchev–Trinajstić information content (AvgIpc) is 3.06. The molecule has 1 amide bonds. The molecule has 0 radical (unpaired) electrons. The molecule has 1 aromatic heterocycles. The van der Waals surface area contributed by atoms with Gasteiger partial charge in [-0.1, -0.05) is 36.9 Å². The summed E-state index contributed by atoms with van der Waals surface area (Å²) in [6.07, 6.45) is 1.60. The first-order valence-corrected chi connectivity index (χ1v) is 7.18. The van der Waals surface area contributed by atoms with Gasteiger partial charge < -0.3 is 10.3 Å². The van der Waals surface area contributed by atoms with Crippen molar-refractivity contribution in [3.05, 3.63) is 78.4 Å². The lowest BCUT2D eigenvalue weighted by molar-refractivity contribution is 0.0938. The van der Waals surface area contributed by atoms with Gasteiger partial charge in [0, 0.05) is 12.1 Å². The van der Waals surface area contributed by atoms with Crippen molar-refractivity contribution < 1.29 is 4.79 Å². The highest BCUT2D eigenvalue weighted by Crippen LogP contribution is 2.11. The van der Waals surface area contributed by atoms with Gasteiger partial charge in [-0.15, -0.1) is 0 Å². The van der Waals surface area contributed by atoms with Crippen molar-refractivity contribution in [1.29, 1.82) is 0 Å². The Kier molecular flexibility index (Phi) is 4.24. The minimum atomic E-state index is -0.252. The van der Waals surface area contributed by atoms with E-state index in [0.717, 1.165) is 16.6 Å². The molecule has 4 N–H and O–H groups in total. The fourth-order valence-corrected chi connectivity index (χ4v) is 2.13. The number of amides is 1. The SMILES string of the molecule is C=C(NCc1ccccc1)NNC(=O)c1ccc2[nH]cnc2c1. The average molecular weight is 307 g/mol. The Morgan fingerprint density at radius 2 is 1.96 bits per heavy atom. The predicted molar refractivity (Wildman–Crippen MR) is 89.1 cm³/mol. The maximum Gasteiger partial charge on any atom is 0.269 e. The smallest absolute Gasteiger partial charge is 0.269 e. The Labute approximate surface area is 133 Å². The lowest BCUT2D eigenvalue weighted by Gasteiger charge is -2.13. The zero-order chi connectivity index (χ0) is 16.1. The van der Waals surface area contributed by atoms with E-state index in [4.69, 9.17) is 0 Å². The highest BCUT2D eigenvalue weighted by atomic mass is 16.2. The second kappa shape index (κ2) is 6.65. The third-order valence-corrected chi connectivity index (χ3v) is 3.36. The molecule has 0 spiro atoms. The van der Waals surface area contributed by atoms with Crippen LogP contribution in [0, 0.1) is 0 Å². The Hall–Kier alpha value is -3.28. The monoisotopic (exact) mass is 307 g/mol. The van der Waals surface area contributed by atoms with Gasteiger partial charge in [-0.25, -0.2) is 4.98 Å². The van der Waals surface area contributed by atoms with E-state index in [1.165, 1.54) is 0 Å². The lowest BCUT2D eigenvalue weighted by atomic mass is 10.2. The van der Waals surface area contributed by atoms with Crippen LogP contribution in [0.15, 0.2) is 67.3 Å². The Morgan fingerprint density at radius 1 is 1.13 bits per heavy atom. The quantitative estimate of drug-likeness (QED) is 0.525. The standard InChI is InChI=1S/C17H17N5O/c1-12(18-10-13-5-3-2-4-6-13)21-22-17(23)14-7-8-15-16(9-14)20-11-19-15/h2-9,11,18,21H,1,10H2,(H,19,20)(H,22,23). The van der Waals surface area contributed by atoms with Crippen LogP contribution in [0.2, 0.25) is 0 Å². The number of nitrogens with zero attached hydrogens (tertiary/aromatic N) is 1. The van der Waals surface area contributed by atoms with Crippen LogP contribution < -0.4 is 16.2 Å². The topological polar surface area (TPSA) is 81.8 Å². The zero-order valence-electron chi connectivity index (χ0n) is 12.5. The minimum absolute atomic E-state index is 0.252. The number of hydrogen-bond donors (Lipinski definition) is 4. The van der Waals surface area contributed by atoms with Gasteiger partial charge in [0.05, 0.1) is 17.4 Å². The van der Waals surface area contributed by atoms with Crippen molar-refractivity contribution in [1.82, 2.24) is 26.1 Å². The molecular formula is C17H17N5O. The highest BCUT2D eigenvalue weighted by Gasteiger charge is 2.07. The zero-order valence-corrected chi connectivity index (χ0v) is 12.5. The van der Waals surface area contributed by atoms with Crippen LogP contribution in [0.3, 0.4) is 0 Å². The first-order chi connectivity index (χ1) is 11.2. The van der Waals surface area contributed by atoms with Crippen molar-refractivity contribution >= 4 is 16.9 Å². The number of nitrogens with one attached hydrogen (secondary N) is 4. The summed E-state index contributed by atoms with van der Waals surface area (Å²) in [5.41, 5.74) is 8.66. The molecule has 3 rings (SSSR count). The molecule has 0 atom stereocenters. The van der Waals surface area contributed by atoms with E-state index in [1.807, 2.05) is 36.4 Å². The summed E-state index contributed by atoms with van der Waals surface area (Å²) in [6.45, 7) is 4.45. The number of hydrazine groups is 1. The Morgan fingerprint density at radius 3 is 2.78 bits per heavy atom. The van der Waals surface area contributed by atoms with Crippen molar-refractivity contribution in [2.24, 2.45) is 0 Å². The summed E-state index contributed by atoms with van der Waals surface area (Å²) in [4.78, 5) is 19.2. The molecule has 0 saturated carbocycles. The van der Waals surface area contributed by atoms with Gasteiger partial charge in [-0.05, 0) is 23.8 Å². The number of hydrogen-bond acceptors (Lipinski definition) is 4. The molecule has 0 unspecified atom stereocenters. The normalized spacial score (nSPS) is 10.3. The molecule has 3 aromatic rings. The number of rotatable bonds is 6. The van der Waals surface area contributed by atoms with E-state index in [0.29, 0.717) is 17.9 Å². The van der Waals surface area contributed by atoms with E-state index >= 15 is 0 Å². The molecule has 0 aliphatic heterocycles. The van der Waals surface area contributed by atoms with Gasteiger partial charge in [0.25, 0.3) is 5.91 Å². The number of aromatic amines is 1. The molecule has 6 heteroatoms. The van der Waals surface area contributed by atoms with Crippen LogP contribution in [-0.4, -0.2) is 15.9 Å². The van der Waals surface area contributed by atoms with E-state index in [9.17, 15) is 4.79 Å². The number of H-pyrrole nitrogens is 1. The predicted octanol–water partition coefficient (Wildman–Crippen LogP) is 2.06. The van der Waals surface area contributed by atoms with E-state index in [2.05, 4.69) is 32.7 Å². The van der Waals surface area contributed by atoms with Crippen LogP contribution in [-0.2, 0) is 6.54 Å². The van der Waals surface area contributed by atoms with Gasteiger partial charge in [0.15, 0.2) is 0 Å². The van der Waals surface area contributed by atoms with Crippen molar-refractivity contribution in [3.63, 3.8) is 0 Å². The molecule has 1 heterocycles. The molecule has 0 fully saturated rings. The number of imidazole rings is 1. The maximum atomic E-state index is 12.1. The first-order valence-electron chi connectivity index (χ1n) is 7.18. The van der Waals surface area contributed by atoms with Crippen LogP contribution >= 0.6 is 0 Å². The van der Waals surface area contributed by atoms with E-state index < -0.39 is 0 Å². The summed E-state index contributed by atoms with van der Waals surface area (Å²) in [7, 11) is 0. The molecule has 0 bridgehead atoms. The van der Waals surface area contributed by atoms with Gasteiger partial charge in [0.2, 0.25) is 0 Å². The highest BCUT2D eigenvalue weighted by molar-refractivity contribution is 5.97. The summed E-state index contributed by atoms with van der Waals surface area (Å²) in [6, 6.07) is 15.2. The number of carbonyl (C=O) groups is 1. The third kappa shape index (κ3) is 3.68. The number of carbonyl (C=O) groups excluding carboxylic acids is 1. The first kappa shape index (κ1) is 14.6. The van der Waals surface area contributed by atoms with Gasteiger partial charge >= 0.3 is 0 Å². The summed E-state index contributed by atoms with van der Waals surface area (Å²) < 4.78 is 0. The lowest BCUT2D eigenvalue weighted by Crippen LogP contribution is -2.40. The molecule has 2 aromatic carbocycles. The number of fused-ring (bicyclic) bond motifs is 1. The molecule has 0 aliphatic carbocycles. The summed E-state index contributed by atoms with van der Waals surface area (Å²) in [5.74, 6) is 0.264. The fourth-order valence-electron chi connectivity index (χ4n) is 2.13. The number of benzene rings is 2.